The van der Waals surface area contributed by atoms with Gasteiger partial charge in [-0.05, 0) is 12.5 Å². The second-order valence-electron chi connectivity index (χ2n) is 7.44. The number of benzene rings is 1. The first-order valence-corrected chi connectivity index (χ1v) is 11.3. The smallest absolute Gasteiger partial charge is 0.347 e. The van der Waals surface area contributed by atoms with E-state index in [1.807, 2.05) is 0 Å². The Morgan fingerprint density at radius 3 is 2.24 bits per heavy atom. The minimum Gasteiger partial charge on any atom is -0.805 e. The molecule has 0 spiro atoms. The van der Waals surface area contributed by atoms with Gasteiger partial charge in [0.15, 0.2) is 0 Å². The predicted molar refractivity (Wildman–Crippen MR) is 118 cm³/mol. The molecule has 0 radical (unpaired) electrons. The Balaban J connectivity index is 1.82. The van der Waals surface area contributed by atoms with Gasteiger partial charge in [-0.15, -0.1) is 11.6 Å². The first-order valence-electron chi connectivity index (χ1n) is 10.7. The number of fused-ring (bicyclic) bond motifs is 1. The van der Waals surface area contributed by atoms with Crippen LogP contribution in [0, 0.1) is 10.1 Å². The van der Waals surface area contributed by atoms with Crippen LogP contribution in [0.1, 0.15) is 87.3 Å². The predicted octanol–water partition coefficient (Wildman–Crippen LogP) is 5.29. The molecule has 0 atom stereocenters. The number of unbranched alkanes of at least 4 members (excludes halogenated alkanes) is 9. The SMILES string of the molecule is CCCCCCCCCCCCNC(=O)c1c(CCl)n([O-])c2ccccc2[n+]1=O. The van der Waals surface area contributed by atoms with E-state index in [1.165, 1.54) is 57.1 Å². The van der Waals surface area contributed by atoms with Crippen molar-refractivity contribution in [2.75, 3.05) is 6.54 Å². The van der Waals surface area contributed by atoms with E-state index in [2.05, 4.69) is 12.2 Å². The second kappa shape index (κ2) is 12.5. The van der Waals surface area contributed by atoms with E-state index < -0.39 is 5.91 Å². The van der Waals surface area contributed by atoms with Crippen LogP contribution in [0.15, 0.2) is 24.3 Å². The van der Waals surface area contributed by atoms with Crippen molar-refractivity contribution in [3.8, 4) is 0 Å². The Labute approximate surface area is 177 Å². The van der Waals surface area contributed by atoms with E-state index in [-0.39, 0.29) is 28.3 Å². The quantitative estimate of drug-likeness (QED) is 0.271. The molecule has 2 aromatic rings. The van der Waals surface area contributed by atoms with Crippen LogP contribution in [0.3, 0.4) is 0 Å². The fourth-order valence-electron chi connectivity index (χ4n) is 3.53. The molecule has 1 heterocycles. The molecule has 0 aliphatic rings. The highest BCUT2D eigenvalue weighted by molar-refractivity contribution is 6.17. The second-order valence-corrected chi connectivity index (χ2v) is 7.71. The standard InChI is InChI=1S/C22H32ClN3O3/c1-2-3-4-5-6-7-8-9-10-13-16-24-22(27)21-20(17-23)25(28)18-14-11-12-15-19(18)26(21)29/h11-12,14-15H,2-10,13,16-17H2,1H3,(H,24,27). The van der Waals surface area contributed by atoms with Crippen molar-refractivity contribution in [3.63, 3.8) is 0 Å². The maximum absolute atomic E-state index is 12.6. The summed E-state index contributed by atoms with van der Waals surface area (Å²) in [5, 5.41) is 15.3. The number of carbonyl (C=O) groups is 1. The monoisotopic (exact) mass is 421 g/mol. The normalized spacial score (nSPS) is 11.1. The van der Waals surface area contributed by atoms with Crippen LogP contribution in [0.2, 0.25) is 0 Å². The molecule has 160 valence electrons. The van der Waals surface area contributed by atoms with Gasteiger partial charge in [0.2, 0.25) is 0 Å². The molecule has 6 nitrogen and oxygen atoms in total. The summed E-state index contributed by atoms with van der Waals surface area (Å²) in [6.45, 7) is 2.70. The van der Waals surface area contributed by atoms with Gasteiger partial charge in [0, 0.05) is 17.5 Å². The van der Waals surface area contributed by atoms with Gasteiger partial charge in [0.25, 0.3) is 5.52 Å². The van der Waals surface area contributed by atoms with Crippen LogP contribution >= 0.6 is 11.6 Å². The number of nitrogens with zero attached hydrogens (tertiary/aromatic N) is 2. The summed E-state index contributed by atoms with van der Waals surface area (Å²) >= 11 is 5.87. The van der Waals surface area contributed by atoms with E-state index in [0.29, 0.717) is 15.7 Å². The average Bonchev–Trinajstić information content (AvgIpc) is 2.74. The van der Waals surface area contributed by atoms with E-state index >= 15 is 0 Å². The van der Waals surface area contributed by atoms with Gasteiger partial charge in [0.1, 0.15) is 11.2 Å². The average molecular weight is 422 g/mol. The van der Waals surface area contributed by atoms with Crippen molar-refractivity contribution >= 4 is 28.5 Å². The topological polar surface area (TPSA) is 80.1 Å². The highest BCUT2D eigenvalue weighted by Crippen LogP contribution is 2.16. The van der Waals surface area contributed by atoms with Gasteiger partial charge in [0.05, 0.1) is 10.3 Å². The highest BCUT2D eigenvalue weighted by Gasteiger charge is 2.28. The van der Waals surface area contributed by atoms with Crippen LogP contribution in [-0.2, 0) is 5.88 Å². The number of hydrogen-bond donors (Lipinski definition) is 1. The van der Waals surface area contributed by atoms with Gasteiger partial charge < -0.3 is 15.3 Å². The molecule has 0 unspecified atom stereocenters. The zero-order chi connectivity index (χ0) is 21.1. The van der Waals surface area contributed by atoms with Crippen molar-refractivity contribution in [3.05, 3.63) is 45.8 Å². The summed E-state index contributed by atoms with van der Waals surface area (Å²) in [6, 6.07) is 6.38. The van der Waals surface area contributed by atoms with Crippen molar-refractivity contribution in [2.24, 2.45) is 0 Å². The Morgan fingerprint density at radius 2 is 1.62 bits per heavy atom. The van der Waals surface area contributed by atoms with Crippen LogP contribution in [0.5, 0.6) is 0 Å². The lowest BCUT2D eigenvalue weighted by molar-refractivity contribution is -0.468. The lowest BCUT2D eigenvalue weighted by atomic mass is 10.1. The highest BCUT2D eigenvalue weighted by atomic mass is 35.5. The number of halogens is 1. The largest absolute Gasteiger partial charge is 0.805 e. The summed E-state index contributed by atoms with van der Waals surface area (Å²) in [6.07, 6.45) is 12.1. The molecule has 1 N–H and O–H groups in total. The first kappa shape index (κ1) is 23.2. The van der Waals surface area contributed by atoms with Crippen molar-refractivity contribution in [2.45, 2.75) is 77.0 Å². The fourth-order valence-corrected chi connectivity index (χ4v) is 3.76. The molecule has 0 saturated carbocycles. The van der Waals surface area contributed by atoms with Crippen molar-refractivity contribution in [1.82, 2.24) is 10.0 Å². The third kappa shape index (κ3) is 6.46. The van der Waals surface area contributed by atoms with Crippen LogP contribution in [-0.4, -0.2) is 17.2 Å². The Morgan fingerprint density at radius 1 is 1.03 bits per heavy atom. The number of nitrogens with one attached hydrogen (secondary N) is 1. The van der Waals surface area contributed by atoms with Gasteiger partial charge in [-0.3, -0.25) is 4.79 Å². The minimum absolute atomic E-state index is 0.0269. The van der Waals surface area contributed by atoms with Crippen LogP contribution in [0.4, 0.5) is 0 Å². The summed E-state index contributed by atoms with van der Waals surface area (Å²) < 4.78 is 1.08. The maximum Gasteiger partial charge on any atom is 0.347 e. The van der Waals surface area contributed by atoms with Crippen molar-refractivity contribution in [1.29, 1.82) is 0 Å². The lowest BCUT2D eigenvalue weighted by Gasteiger charge is -2.17. The lowest BCUT2D eigenvalue weighted by Crippen LogP contribution is -2.37. The Hall–Kier alpha value is -2.08. The number of rotatable bonds is 13. The number of aromatic nitrogens is 2. The molecule has 0 fully saturated rings. The summed E-state index contributed by atoms with van der Waals surface area (Å²) in [7, 11) is 0. The number of hydrogen-bond acceptors (Lipinski definition) is 3. The van der Waals surface area contributed by atoms with Gasteiger partial charge in [-0.25, -0.2) is 0 Å². The molecule has 1 aromatic carbocycles. The molecule has 0 aliphatic heterocycles. The molecular formula is C22H32ClN3O3. The Kier molecular flexibility index (Phi) is 9.98. The van der Waals surface area contributed by atoms with Crippen molar-refractivity contribution < 1.29 is 9.22 Å². The van der Waals surface area contributed by atoms with Gasteiger partial charge in [-0.1, -0.05) is 76.8 Å². The number of alkyl halides is 1. The van der Waals surface area contributed by atoms with Gasteiger partial charge >= 0.3 is 11.6 Å². The molecule has 1 amide bonds. The molecule has 0 aliphatic carbocycles. The first-order chi connectivity index (χ1) is 14.1. The molecule has 0 bridgehead atoms. The van der Waals surface area contributed by atoms with E-state index in [0.717, 1.165) is 19.3 Å². The van der Waals surface area contributed by atoms with Crippen LogP contribution < -0.4 is 9.74 Å². The molecule has 1 aromatic heterocycles. The van der Waals surface area contributed by atoms with Crippen LogP contribution in [0.25, 0.3) is 11.0 Å². The van der Waals surface area contributed by atoms with E-state index in [1.54, 1.807) is 12.1 Å². The molecule has 2 rings (SSSR count). The fraction of sp³-hybridized carbons (Fsp3) is 0.591. The zero-order valence-electron chi connectivity index (χ0n) is 17.3. The summed E-state index contributed by atoms with van der Waals surface area (Å²) in [5.41, 5.74) is 0.103. The summed E-state index contributed by atoms with van der Waals surface area (Å²) in [5.74, 6) is -0.765. The number of para-hydroxylation sites is 2. The molecule has 7 heteroatoms. The zero-order valence-corrected chi connectivity index (χ0v) is 18.0. The molecule has 0 saturated heterocycles. The van der Waals surface area contributed by atoms with E-state index in [9.17, 15) is 14.9 Å². The van der Waals surface area contributed by atoms with Gasteiger partial charge in [-0.2, -0.15) is 0 Å². The third-order valence-corrected chi connectivity index (χ3v) is 5.45. The molecular weight excluding hydrogens is 390 g/mol. The number of carbonyl (C=O) groups excluding carboxylic acids is 1. The minimum atomic E-state index is -0.554. The number of amides is 1. The Bertz CT molecular complexity index is 851. The van der Waals surface area contributed by atoms with E-state index in [4.69, 9.17) is 11.6 Å². The third-order valence-electron chi connectivity index (χ3n) is 5.20. The summed E-state index contributed by atoms with van der Waals surface area (Å²) in [4.78, 5) is 25.2. The maximum atomic E-state index is 12.6. The molecule has 29 heavy (non-hydrogen) atoms.